The standard InChI is InChI=1S/C21H22ClF2N3O3S/c22-19-13-18(5-6-20(19)24)31(29,30)26-9-7-17(8-10-26)27-12-11-25(21(27)28)14-15-1-3-16(23)4-2-15/h1-6,13,17H,7-12,14H2. The molecule has 2 amide bonds. The Morgan fingerprint density at radius 2 is 1.65 bits per heavy atom. The Hall–Kier alpha value is -2.23. The Morgan fingerprint density at radius 3 is 2.29 bits per heavy atom. The van der Waals surface area contributed by atoms with Gasteiger partial charge < -0.3 is 9.80 Å². The Labute approximate surface area is 185 Å². The normalized spacial score (nSPS) is 18.7. The highest BCUT2D eigenvalue weighted by Crippen LogP contribution is 2.28. The number of urea groups is 1. The first-order valence-corrected chi connectivity index (χ1v) is 11.8. The van der Waals surface area contributed by atoms with E-state index in [9.17, 15) is 22.0 Å². The van der Waals surface area contributed by atoms with Crippen molar-refractivity contribution in [2.24, 2.45) is 0 Å². The van der Waals surface area contributed by atoms with Gasteiger partial charge in [0.15, 0.2) is 0 Å². The summed E-state index contributed by atoms with van der Waals surface area (Å²) in [5, 5.41) is -0.236. The van der Waals surface area contributed by atoms with Crippen molar-refractivity contribution in [3.63, 3.8) is 0 Å². The summed E-state index contributed by atoms with van der Waals surface area (Å²) in [5.41, 5.74) is 0.857. The van der Waals surface area contributed by atoms with E-state index >= 15 is 0 Å². The van der Waals surface area contributed by atoms with Crippen molar-refractivity contribution >= 4 is 27.7 Å². The molecule has 0 aromatic heterocycles. The maximum absolute atomic E-state index is 13.4. The van der Waals surface area contributed by atoms with E-state index in [1.165, 1.54) is 22.5 Å². The molecule has 0 spiro atoms. The number of piperidine rings is 1. The largest absolute Gasteiger partial charge is 0.320 e. The molecule has 2 aromatic rings. The lowest BCUT2D eigenvalue weighted by Crippen LogP contribution is -2.47. The molecule has 0 atom stereocenters. The van der Waals surface area contributed by atoms with Crippen LogP contribution in [0.25, 0.3) is 0 Å². The van der Waals surface area contributed by atoms with Gasteiger partial charge in [-0.25, -0.2) is 22.0 Å². The van der Waals surface area contributed by atoms with Crippen LogP contribution in [0.2, 0.25) is 5.02 Å². The van der Waals surface area contributed by atoms with E-state index in [0.717, 1.165) is 17.7 Å². The second-order valence-corrected chi connectivity index (χ2v) is 10.1. The molecule has 10 heteroatoms. The number of amides is 2. The molecule has 31 heavy (non-hydrogen) atoms. The molecule has 2 saturated heterocycles. The van der Waals surface area contributed by atoms with Gasteiger partial charge in [-0.1, -0.05) is 23.7 Å². The number of sulfonamides is 1. The van der Waals surface area contributed by atoms with Crippen molar-refractivity contribution in [3.05, 3.63) is 64.7 Å². The molecule has 0 N–H and O–H groups in total. The fourth-order valence-corrected chi connectivity index (χ4v) is 5.82. The van der Waals surface area contributed by atoms with Crippen LogP contribution in [0, 0.1) is 11.6 Å². The van der Waals surface area contributed by atoms with Gasteiger partial charge in [0.2, 0.25) is 10.0 Å². The summed E-state index contributed by atoms with van der Waals surface area (Å²) in [6.45, 7) is 2.09. The van der Waals surface area contributed by atoms with Crippen LogP contribution >= 0.6 is 11.6 Å². The van der Waals surface area contributed by atoms with Gasteiger partial charge >= 0.3 is 6.03 Å². The molecule has 0 bridgehead atoms. The predicted molar refractivity (Wildman–Crippen MR) is 112 cm³/mol. The third kappa shape index (κ3) is 4.53. The summed E-state index contributed by atoms with van der Waals surface area (Å²) in [5.74, 6) is -0.986. The first kappa shape index (κ1) is 22.0. The minimum atomic E-state index is -3.78. The molecule has 4 rings (SSSR count). The number of benzene rings is 2. The Morgan fingerprint density at radius 1 is 0.968 bits per heavy atom. The van der Waals surface area contributed by atoms with Crippen LogP contribution in [0.15, 0.2) is 47.4 Å². The smallest absolute Gasteiger partial charge is 0.320 e. The van der Waals surface area contributed by atoms with E-state index in [2.05, 4.69) is 0 Å². The highest BCUT2D eigenvalue weighted by Gasteiger charge is 2.37. The van der Waals surface area contributed by atoms with Gasteiger partial charge in [-0.15, -0.1) is 0 Å². The zero-order valence-corrected chi connectivity index (χ0v) is 18.2. The summed E-state index contributed by atoms with van der Waals surface area (Å²) < 4.78 is 53.5. The molecule has 2 fully saturated rings. The van der Waals surface area contributed by atoms with E-state index < -0.39 is 15.8 Å². The second-order valence-electron chi connectivity index (χ2n) is 7.74. The average Bonchev–Trinajstić information content (AvgIpc) is 3.12. The summed E-state index contributed by atoms with van der Waals surface area (Å²) >= 11 is 5.74. The minimum Gasteiger partial charge on any atom is -0.320 e. The van der Waals surface area contributed by atoms with E-state index in [0.29, 0.717) is 32.5 Å². The van der Waals surface area contributed by atoms with Crippen LogP contribution in [0.5, 0.6) is 0 Å². The van der Waals surface area contributed by atoms with Crippen LogP contribution in [0.3, 0.4) is 0 Å². The fraction of sp³-hybridized carbons (Fsp3) is 0.381. The molecule has 166 valence electrons. The van der Waals surface area contributed by atoms with Crippen LogP contribution in [-0.2, 0) is 16.6 Å². The Balaban J connectivity index is 1.37. The summed E-state index contributed by atoms with van der Waals surface area (Å²) in [6.07, 6.45) is 1.04. The number of carbonyl (C=O) groups is 1. The van der Waals surface area contributed by atoms with Crippen molar-refractivity contribution < 1.29 is 22.0 Å². The van der Waals surface area contributed by atoms with E-state index in [1.807, 2.05) is 0 Å². The third-order valence-electron chi connectivity index (χ3n) is 5.81. The van der Waals surface area contributed by atoms with E-state index in [1.54, 1.807) is 21.9 Å². The zero-order valence-electron chi connectivity index (χ0n) is 16.7. The highest BCUT2D eigenvalue weighted by molar-refractivity contribution is 7.89. The molecule has 2 aliphatic rings. The second kappa shape index (κ2) is 8.72. The average molecular weight is 470 g/mol. The van der Waals surface area contributed by atoms with Gasteiger partial charge in [0.05, 0.1) is 9.92 Å². The van der Waals surface area contributed by atoms with Crippen LogP contribution in [0.1, 0.15) is 18.4 Å². The molecule has 2 aromatic carbocycles. The molecule has 6 nitrogen and oxygen atoms in total. The van der Waals surface area contributed by atoms with Crippen molar-refractivity contribution in [1.29, 1.82) is 0 Å². The van der Waals surface area contributed by atoms with Gasteiger partial charge in [-0.05, 0) is 48.7 Å². The molecule has 2 aliphatic heterocycles. The lowest BCUT2D eigenvalue weighted by molar-refractivity contribution is 0.153. The third-order valence-corrected chi connectivity index (χ3v) is 7.99. The quantitative estimate of drug-likeness (QED) is 0.670. The summed E-state index contributed by atoms with van der Waals surface area (Å²) in [7, 11) is -3.78. The van der Waals surface area contributed by atoms with E-state index in [4.69, 9.17) is 11.6 Å². The summed E-state index contributed by atoms with van der Waals surface area (Å²) in [4.78, 5) is 16.3. The number of carbonyl (C=O) groups excluding carboxylic acids is 1. The van der Waals surface area contributed by atoms with Crippen molar-refractivity contribution in [2.45, 2.75) is 30.3 Å². The van der Waals surface area contributed by atoms with Gasteiger partial charge in [0.1, 0.15) is 11.6 Å². The lowest BCUT2D eigenvalue weighted by Gasteiger charge is -2.35. The van der Waals surface area contributed by atoms with Crippen molar-refractivity contribution in [2.75, 3.05) is 26.2 Å². The molecular formula is C21H22ClF2N3O3S. The summed E-state index contributed by atoms with van der Waals surface area (Å²) in [6, 6.07) is 9.31. The zero-order chi connectivity index (χ0) is 22.2. The topological polar surface area (TPSA) is 60.9 Å². The van der Waals surface area contributed by atoms with Crippen LogP contribution in [0.4, 0.5) is 13.6 Å². The lowest BCUT2D eigenvalue weighted by atomic mass is 10.1. The van der Waals surface area contributed by atoms with Gasteiger partial charge in [0.25, 0.3) is 0 Å². The van der Waals surface area contributed by atoms with Crippen molar-refractivity contribution in [3.8, 4) is 0 Å². The van der Waals surface area contributed by atoms with Crippen molar-refractivity contribution in [1.82, 2.24) is 14.1 Å². The fourth-order valence-electron chi connectivity index (χ4n) is 4.08. The number of hydrogen-bond donors (Lipinski definition) is 0. The molecule has 0 radical (unpaired) electrons. The van der Waals surface area contributed by atoms with Gasteiger partial charge in [0, 0.05) is 38.8 Å². The maximum atomic E-state index is 13.4. The monoisotopic (exact) mass is 469 g/mol. The Kier molecular flexibility index (Phi) is 6.18. The first-order valence-electron chi connectivity index (χ1n) is 10.0. The first-order chi connectivity index (χ1) is 14.8. The highest BCUT2D eigenvalue weighted by atomic mass is 35.5. The number of rotatable bonds is 5. The van der Waals surface area contributed by atoms with Crippen LogP contribution < -0.4 is 0 Å². The Bertz CT molecular complexity index is 1070. The predicted octanol–water partition coefficient (Wildman–Crippen LogP) is 3.71. The number of halogens is 3. The number of hydrogen-bond acceptors (Lipinski definition) is 3. The molecular weight excluding hydrogens is 448 g/mol. The van der Waals surface area contributed by atoms with Gasteiger partial charge in [-0.2, -0.15) is 4.31 Å². The van der Waals surface area contributed by atoms with Gasteiger partial charge in [-0.3, -0.25) is 0 Å². The molecule has 2 heterocycles. The SMILES string of the molecule is O=C1N(Cc2ccc(F)cc2)CCN1C1CCN(S(=O)(=O)c2ccc(F)c(Cl)c2)CC1. The maximum Gasteiger partial charge on any atom is 0.320 e. The van der Waals surface area contributed by atoms with E-state index in [-0.39, 0.29) is 40.9 Å². The molecule has 0 aliphatic carbocycles. The molecule has 0 saturated carbocycles. The minimum absolute atomic E-state index is 0.0416. The van der Waals surface area contributed by atoms with Crippen LogP contribution in [-0.4, -0.2) is 60.8 Å². The molecule has 0 unspecified atom stereocenters. The number of nitrogens with zero attached hydrogens (tertiary/aromatic N) is 3.